The van der Waals surface area contributed by atoms with Gasteiger partial charge in [0.15, 0.2) is 0 Å². The topological polar surface area (TPSA) is 0 Å². The smallest absolute Gasteiger partial charge is 0.00756 e. The van der Waals surface area contributed by atoms with Gasteiger partial charge in [0.05, 0.1) is 0 Å². The molecular formula is C17H19. The molecule has 2 aromatic rings. The first-order valence-electron chi connectivity index (χ1n) is 6.17. The highest BCUT2D eigenvalue weighted by Gasteiger charge is 2.05. The fourth-order valence-corrected chi connectivity index (χ4v) is 2.12. The summed E-state index contributed by atoms with van der Waals surface area (Å²) in [6.07, 6.45) is 0. The Morgan fingerprint density at radius 3 is 2.47 bits per heavy atom. The molecule has 2 aromatic carbocycles. The number of aryl methyl sites for hydroxylation is 2. The molecule has 2 rings (SSSR count). The van der Waals surface area contributed by atoms with Gasteiger partial charge in [-0.2, -0.15) is 0 Å². The van der Waals surface area contributed by atoms with Crippen LogP contribution < -0.4 is 0 Å². The Hall–Kier alpha value is -1.56. The van der Waals surface area contributed by atoms with Crippen molar-refractivity contribution in [2.75, 3.05) is 0 Å². The van der Waals surface area contributed by atoms with E-state index in [2.05, 4.69) is 70.2 Å². The monoisotopic (exact) mass is 223 g/mol. The maximum atomic E-state index is 3.39. The molecule has 0 aromatic heterocycles. The van der Waals surface area contributed by atoms with Gasteiger partial charge in [-0.15, -0.1) is 0 Å². The Morgan fingerprint density at radius 1 is 1.06 bits per heavy atom. The molecule has 0 atom stereocenters. The molecule has 17 heavy (non-hydrogen) atoms. The minimum atomic E-state index is 0.570. The molecule has 0 heteroatoms. The van der Waals surface area contributed by atoms with Crippen molar-refractivity contribution in [3.8, 4) is 11.1 Å². The molecule has 1 radical (unpaired) electrons. The van der Waals surface area contributed by atoms with E-state index in [0.29, 0.717) is 5.92 Å². The van der Waals surface area contributed by atoms with Gasteiger partial charge in [0.1, 0.15) is 0 Å². The van der Waals surface area contributed by atoms with E-state index >= 15 is 0 Å². The summed E-state index contributed by atoms with van der Waals surface area (Å²) in [5.41, 5.74) is 6.44. The van der Waals surface area contributed by atoms with Crippen molar-refractivity contribution in [2.24, 2.45) is 0 Å². The lowest BCUT2D eigenvalue weighted by molar-refractivity contribution is 0.867. The van der Waals surface area contributed by atoms with E-state index in [-0.39, 0.29) is 0 Å². The zero-order valence-electron chi connectivity index (χ0n) is 11.0. The normalized spacial score (nSPS) is 10.9. The Kier molecular flexibility index (Phi) is 3.33. The van der Waals surface area contributed by atoms with Crippen molar-refractivity contribution in [1.82, 2.24) is 0 Å². The molecular weight excluding hydrogens is 204 g/mol. The van der Waals surface area contributed by atoms with E-state index in [1.165, 1.54) is 27.8 Å². The van der Waals surface area contributed by atoms with E-state index in [4.69, 9.17) is 0 Å². The van der Waals surface area contributed by atoms with Crippen molar-refractivity contribution < 1.29 is 0 Å². The van der Waals surface area contributed by atoms with Gasteiger partial charge in [-0.05, 0) is 48.1 Å². The summed E-state index contributed by atoms with van der Waals surface area (Å²) in [5.74, 6) is 0.570. The summed E-state index contributed by atoms with van der Waals surface area (Å²) in [4.78, 5) is 0. The predicted octanol–water partition coefficient (Wildman–Crippen LogP) is 4.89. The van der Waals surface area contributed by atoms with Crippen LogP contribution in [0, 0.1) is 19.9 Å². The van der Waals surface area contributed by atoms with E-state index in [1.807, 2.05) is 0 Å². The molecule has 0 aliphatic rings. The highest BCUT2D eigenvalue weighted by atomic mass is 14.1. The highest BCUT2D eigenvalue weighted by molar-refractivity contribution is 5.67. The minimum Gasteiger partial charge on any atom is -0.0614 e. The number of hydrogen-bond donors (Lipinski definition) is 0. The van der Waals surface area contributed by atoms with Crippen LogP contribution in [0.3, 0.4) is 0 Å². The second-order valence-electron chi connectivity index (χ2n) is 5.02. The standard InChI is InChI=1S/C17H19/c1-12(2)15-6-5-7-16(11-15)17-9-8-13(3)10-14(17)4/h5-8,10-12H,1-4H3. The molecule has 0 fully saturated rings. The van der Waals surface area contributed by atoms with E-state index in [9.17, 15) is 0 Å². The first-order valence-corrected chi connectivity index (χ1v) is 6.17. The first kappa shape index (κ1) is 11.9. The first-order chi connectivity index (χ1) is 8.08. The lowest BCUT2D eigenvalue weighted by Gasteiger charge is -2.10. The van der Waals surface area contributed by atoms with E-state index in [0.717, 1.165) is 0 Å². The average Bonchev–Trinajstić information content (AvgIpc) is 2.29. The van der Waals surface area contributed by atoms with Crippen LogP contribution in [0.4, 0.5) is 0 Å². The summed E-state index contributed by atoms with van der Waals surface area (Å²) in [5, 5.41) is 0. The van der Waals surface area contributed by atoms with Crippen molar-refractivity contribution >= 4 is 0 Å². The maximum Gasteiger partial charge on any atom is -0.00756 e. The van der Waals surface area contributed by atoms with E-state index in [1.54, 1.807) is 0 Å². The Labute approximate surface area is 104 Å². The van der Waals surface area contributed by atoms with Gasteiger partial charge in [-0.25, -0.2) is 0 Å². The summed E-state index contributed by atoms with van der Waals surface area (Å²) in [6, 6.07) is 16.4. The van der Waals surface area contributed by atoms with Gasteiger partial charge >= 0.3 is 0 Å². The quantitative estimate of drug-likeness (QED) is 0.679. The zero-order valence-corrected chi connectivity index (χ0v) is 11.0. The van der Waals surface area contributed by atoms with Crippen LogP contribution in [0.2, 0.25) is 0 Å². The van der Waals surface area contributed by atoms with Crippen LogP contribution in [0.1, 0.15) is 36.5 Å². The van der Waals surface area contributed by atoms with Crippen molar-refractivity contribution in [3.63, 3.8) is 0 Å². The van der Waals surface area contributed by atoms with Gasteiger partial charge < -0.3 is 0 Å². The number of benzene rings is 2. The van der Waals surface area contributed by atoms with Crippen LogP contribution >= 0.6 is 0 Å². The van der Waals surface area contributed by atoms with Crippen LogP contribution in [-0.2, 0) is 0 Å². The highest BCUT2D eigenvalue weighted by Crippen LogP contribution is 2.26. The van der Waals surface area contributed by atoms with Gasteiger partial charge in [0.25, 0.3) is 0 Å². The molecule has 0 saturated carbocycles. The summed E-state index contributed by atoms with van der Waals surface area (Å²) >= 11 is 0. The molecule has 0 spiro atoms. The lowest BCUT2D eigenvalue weighted by atomic mass is 9.94. The van der Waals surface area contributed by atoms with Crippen molar-refractivity contribution in [3.05, 3.63) is 59.2 Å². The number of hydrogen-bond acceptors (Lipinski definition) is 0. The average molecular weight is 223 g/mol. The summed E-state index contributed by atoms with van der Waals surface area (Å²) in [7, 11) is 0. The Morgan fingerprint density at radius 2 is 1.82 bits per heavy atom. The molecule has 0 unspecified atom stereocenters. The van der Waals surface area contributed by atoms with Crippen molar-refractivity contribution in [2.45, 2.75) is 33.6 Å². The maximum absolute atomic E-state index is 3.39. The van der Waals surface area contributed by atoms with Crippen LogP contribution in [0.15, 0.2) is 36.4 Å². The molecule has 0 amide bonds. The van der Waals surface area contributed by atoms with Crippen LogP contribution in [-0.4, -0.2) is 0 Å². The fourth-order valence-electron chi connectivity index (χ4n) is 2.12. The minimum absolute atomic E-state index is 0.570. The number of rotatable bonds is 2. The second-order valence-corrected chi connectivity index (χ2v) is 5.02. The largest absolute Gasteiger partial charge is 0.0614 e. The Bertz CT molecular complexity index is 521. The lowest BCUT2D eigenvalue weighted by Crippen LogP contribution is -1.90. The van der Waals surface area contributed by atoms with Gasteiger partial charge in [0.2, 0.25) is 0 Å². The summed E-state index contributed by atoms with van der Waals surface area (Å²) < 4.78 is 0. The summed E-state index contributed by atoms with van der Waals surface area (Å²) in [6.45, 7) is 8.72. The molecule has 0 aliphatic carbocycles. The third kappa shape index (κ3) is 2.58. The second kappa shape index (κ2) is 4.75. The third-order valence-corrected chi connectivity index (χ3v) is 3.12. The van der Waals surface area contributed by atoms with Gasteiger partial charge in [-0.1, -0.05) is 55.8 Å². The molecule has 87 valence electrons. The van der Waals surface area contributed by atoms with Crippen LogP contribution in [0.5, 0.6) is 0 Å². The molecule has 0 bridgehead atoms. The van der Waals surface area contributed by atoms with Crippen LogP contribution in [0.25, 0.3) is 11.1 Å². The zero-order chi connectivity index (χ0) is 12.4. The van der Waals surface area contributed by atoms with Gasteiger partial charge in [-0.3, -0.25) is 0 Å². The molecule has 0 saturated heterocycles. The SMILES string of the molecule is Cc1c[c]c(-c2cccc(C(C)C)c2)c(C)c1. The third-order valence-electron chi connectivity index (χ3n) is 3.12. The Balaban J connectivity index is 2.49. The molecule has 0 aliphatic heterocycles. The van der Waals surface area contributed by atoms with E-state index < -0.39 is 0 Å². The molecule has 0 N–H and O–H groups in total. The fraction of sp³-hybridized carbons (Fsp3) is 0.294. The van der Waals surface area contributed by atoms with Gasteiger partial charge in [0, 0.05) is 0 Å². The van der Waals surface area contributed by atoms with Crippen molar-refractivity contribution in [1.29, 1.82) is 0 Å². The molecule has 0 nitrogen and oxygen atoms in total. The predicted molar refractivity (Wildman–Crippen MR) is 74.3 cm³/mol. The molecule has 0 heterocycles.